The van der Waals surface area contributed by atoms with Gasteiger partial charge in [0.05, 0.1) is 44.6 Å². The Labute approximate surface area is 585 Å². The SMILES string of the molecule is C.COc1ccc(C([NH-])(c2[c-]cc(CO)cc2)[C@H](N)C(C)C)cc1.C[PH+](C)c1ccc2c(c1[C@H]1c3ccccc3CC[C@H]1[PH+](C)C)CCCC2.Cc1ccc(COCCN[C@H](c2ccccc2)[C@H]([N-]S(=O)(=O)c2ccc(C)cc2)c2ccccc2)cc1.[CH3-].[Cl][Ru+3].[Cl][Ru+3].[HH]. The van der Waals surface area contributed by atoms with Gasteiger partial charge in [-0.1, -0.05) is 195 Å². The topological polar surface area (TPSA) is 149 Å². The number of hydrogen-bond donors (Lipinski definition) is 3. The van der Waals surface area contributed by atoms with Gasteiger partial charge in [0.15, 0.2) is 0 Å². The zero-order valence-corrected chi connectivity index (χ0v) is 62.2. The molecule has 8 aromatic rings. The number of nitrogens with two attached hydrogens (primary N) is 1. The Morgan fingerprint density at radius 1 is 0.750 bits per heavy atom. The van der Waals surface area contributed by atoms with Crippen molar-refractivity contribution in [3.63, 3.8) is 0 Å². The summed E-state index contributed by atoms with van der Waals surface area (Å²) >= 11 is 3.64. The van der Waals surface area contributed by atoms with Gasteiger partial charge in [0, 0.05) is 58.2 Å². The van der Waals surface area contributed by atoms with Gasteiger partial charge in [0.2, 0.25) is 0 Å². The first-order valence-electron chi connectivity index (χ1n) is 30.8. The van der Waals surface area contributed by atoms with E-state index in [1.54, 1.807) is 70.6 Å². The zero-order valence-electron chi connectivity index (χ0n) is 54.4. The third-order valence-electron chi connectivity index (χ3n) is 17.1. The van der Waals surface area contributed by atoms with Crippen molar-refractivity contribution in [1.82, 2.24) is 5.32 Å². The zero-order chi connectivity index (χ0) is 65.4. The van der Waals surface area contributed by atoms with Crippen LogP contribution in [0.1, 0.15) is 132 Å². The molecular formula is C76H100Cl2N4O5P2Ru2S+4. The van der Waals surface area contributed by atoms with E-state index in [9.17, 15) is 13.5 Å². The summed E-state index contributed by atoms with van der Waals surface area (Å²) in [6.45, 7) is 19.6. The second-order valence-corrected chi connectivity index (χ2v) is 31.0. The number of rotatable bonds is 21. The maximum Gasteiger partial charge on any atom is 0 e. The Kier molecular flexibility index (Phi) is 35.4. The van der Waals surface area contributed by atoms with Crippen molar-refractivity contribution < 1.29 is 59.0 Å². The largest absolute Gasteiger partial charge is 0 e. The van der Waals surface area contributed by atoms with E-state index in [-0.39, 0.29) is 47.7 Å². The van der Waals surface area contributed by atoms with E-state index in [1.165, 1.54) is 44.1 Å². The molecule has 10 rings (SSSR count). The fraction of sp³-hybridized carbons (Fsp3) is 0.355. The molecule has 0 heterocycles. The molecule has 0 bridgehead atoms. The molecule has 0 amide bonds. The van der Waals surface area contributed by atoms with Crippen molar-refractivity contribution in [2.45, 2.75) is 127 Å². The standard InChI is InChI=1S/C31H33N2O3S.C24H32P2.C19H24N2O2.CH4.CH3.2ClH.2Ru.H2/c1-24-13-17-26(18-14-24)23-36-22-21-32-30(27-9-5-3-6-10-27)31(28-11-7-4-8-12-28)33-37(34,35)29-19-15-25(2)16-20-29;1-25(2)21-15-13-17-9-5-7-11-19(17)23(21)24-20-12-8-6-10-18(20)14-16-22(24)26(3)4;1-13(2)18(20)19(21,15-6-4-14(12-22)5-7-15)16-8-10-17(23-3)11-9-16;;;;;;;/h3-20,30-32H,21-23H2,1-2H3;5,7,9,11,14,16,21,23H,6,8,10,12-13,15H2,1-4H3;4-6,8-11,13,18,21-22H,12,20H2,1-3H3;1H4;1H3;2*1H;;;1H/q-1;;-2;;-1;;;2*+4;/t30-,31-;21-,23+;18-,19?;;;;;;;/m111......./s1. The number of aliphatic hydroxyl groups excluding tert-OH is 1. The van der Waals surface area contributed by atoms with Crippen LogP contribution in [-0.2, 0) is 87.4 Å². The van der Waals surface area contributed by atoms with Crippen molar-refractivity contribution in [3.8, 4) is 5.75 Å². The number of ether oxygens (including phenoxy) is 2. The number of halogens is 2. The van der Waals surface area contributed by atoms with Gasteiger partial charge in [-0.3, -0.25) is 0 Å². The number of nitrogens with one attached hydrogen (secondary N) is 2. The molecule has 0 aliphatic heterocycles. The Balaban J connectivity index is 0.000000359. The number of aliphatic hydroxyl groups is 1. The predicted octanol–water partition coefficient (Wildman–Crippen LogP) is 18.2. The first-order chi connectivity index (χ1) is 43.4. The smallest absolute Gasteiger partial charge is 0 e. The Morgan fingerprint density at radius 3 is 1.89 bits per heavy atom. The van der Waals surface area contributed by atoms with Gasteiger partial charge in [-0.2, -0.15) is 29.8 Å². The molecule has 0 saturated heterocycles. The normalized spacial score (nSPS) is 15.6. The van der Waals surface area contributed by atoms with E-state index >= 15 is 0 Å². The molecule has 2 aliphatic rings. The summed E-state index contributed by atoms with van der Waals surface area (Å²) in [6, 6.07) is 63.4. The molecular weight excluding hydrogens is 1420 g/mol. The first-order valence-corrected chi connectivity index (χ1v) is 41.8. The van der Waals surface area contributed by atoms with Crippen molar-refractivity contribution in [2.75, 3.05) is 46.9 Å². The summed E-state index contributed by atoms with van der Waals surface area (Å²) in [5, 5.41) is 14.5. The van der Waals surface area contributed by atoms with E-state index in [1.807, 2.05) is 152 Å². The molecule has 2 aliphatic carbocycles. The van der Waals surface area contributed by atoms with Crippen LogP contribution in [0.15, 0.2) is 193 Å². The van der Waals surface area contributed by atoms with Gasteiger partial charge in [-0.05, 0) is 136 Å². The summed E-state index contributed by atoms with van der Waals surface area (Å²) in [7, 11) is 6.06. The van der Waals surface area contributed by atoms with Crippen molar-refractivity contribution >= 4 is 50.6 Å². The van der Waals surface area contributed by atoms with Crippen LogP contribution in [0, 0.1) is 33.3 Å². The average molecular weight is 1520 g/mol. The van der Waals surface area contributed by atoms with Crippen molar-refractivity contribution in [2.24, 2.45) is 11.7 Å². The van der Waals surface area contributed by atoms with Crippen LogP contribution in [0.4, 0.5) is 0 Å². The molecule has 5 N–H and O–H groups in total. The maximum absolute atomic E-state index is 13.4. The third kappa shape index (κ3) is 21.7. The predicted molar refractivity (Wildman–Crippen MR) is 391 cm³/mol. The third-order valence-corrected chi connectivity index (χ3v) is 22.1. The monoisotopic (exact) mass is 1520 g/mol. The minimum absolute atomic E-state index is 0. The van der Waals surface area contributed by atoms with Gasteiger partial charge in [0.25, 0.3) is 0 Å². The van der Waals surface area contributed by atoms with Gasteiger partial charge < -0.3 is 43.5 Å². The van der Waals surface area contributed by atoms with E-state index in [2.05, 4.69) is 130 Å². The molecule has 1 unspecified atom stereocenters. The van der Waals surface area contributed by atoms with Gasteiger partial charge in [0.1, 0.15) is 15.8 Å². The van der Waals surface area contributed by atoms with Crippen LogP contribution in [0.25, 0.3) is 10.5 Å². The molecule has 92 heavy (non-hydrogen) atoms. The molecule has 496 valence electrons. The molecule has 16 heteroatoms. The van der Waals surface area contributed by atoms with Crippen LogP contribution < -0.4 is 21.1 Å². The minimum atomic E-state index is -3.90. The number of hydrogen-bond acceptors (Lipinski definition) is 7. The van der Waals surface area contributed by atoms with Crippen LogP contribution >= 0.6 is 35.2 Å². The fourth-order valence-electron chi connectivity index (χ4n) is 12.2. The molecule has 0 saturated carbocycles. The van der Waals surface area contributed by atoms with Crippen LogP contribution in [0.2, 0.25) is 0 Å². The molecule has 0 spiro atoms. The van der Waals surface area contributed by atoms with Gasteiger partial charge >= 0.3 is 54.0 Å². The second kappa shape index (κ2) is 40.5. The number of fused-ring (bicyclic) bond motifs is 2. The number of nitrogens with zero attached hydrogens (tertiary/aromatic N) is 1. The number of benzene rings is 8. The number of methoxy groups -OCH3 is 1. The molecule has 0 fully saturated rings. The van der Waals surface area contributed by atoms with E-state index in [0.29, 0.717) is 31.2 Å². The molecule has 8 aromatic carbocycles. The Morgan fingerprint density at radius 2 is 1.33 bits per heavy atom. The van der Waals surface area contributed by atoms with Crippen molar-refractivity contribution in [3.05, 3.63) is 284 Å². The van der Waals surface area contributed by atoms with E-state index in [0.717, 1.165) is 44.8 Å². The molecule has 0 radical (unpaired) electrons. The van der Waals surface area contributed by atoms with Crippen molar-refractivity contribution in [1.29, 1.82) is 0 Å². The minimum Gasteiger partial charge on any atom is 0 e. The van der Waals surface area contributed by atoms with Gasteiger partial charge in [-0.25, -0.2) is 8.42 Å². The molecule has 9 nitrogen and oxygen atoms in total. The summed E-state index contributed by atoms with van der Waals surface area (Å²) < 4.78 is 42.4. The first kappa shape index (κ1) is 80.4. The number of sulfonamides is 1. The summed E-state index contributed by atoms with van der Waals surface area (Å²) in [5.41, 5.74) is 31.2. The second-order valence-electron chi connectivity index (χ2n) is 24.0. The quantitative estimate of drug-likeness (QED) is 0.0281. The number of aryl methyl sites for hydroxylation is 4. The molecule has 0 aromatic heterocycles. The van der Waals surface area contributed by atoms with Crippen LogP contribution in [0.3, 0.4) is 0 Å². The average Bonchev–Trinajstić information content (AvgIpc) is 0.780. The molecule has 6 atom stereocenters. The van der Waals surface area contributed by atoms with E-state index in [4.69, 9.17) is 20.9 Å². The maximum atomic E-state index is 13.4. The van der Waals surface area contributed by atoms with E-state index < -0.39 is 35.6 Å². The van der Waals surface area contributed by atoms with Crippen LogP contribution in [0.5, 0.6) is 5.75 Å². The Hall–Kier alpha value is -4.04. The summed E-state index contributed by atoms with van der Waals surface area (Å²) in [5.74, 6) is 1.53. The Bertz CT molecular complexity index is 3460. The fourth-order valence-corrected chi connectivity index (χ4v) is 16.3. The summed E-state index contributed by atoms with van der Waals surface area (Å²) in [6.07, 6.45) is 8.05. The summed E-state index contributed by atoms with van der Waals surface area (Å²) in [4.78, 5) is 0.187. The van der Waals surface area contributed by atoms with Gasteiger partial charge in [-0.15, -0.1) is 5.56 Å². The van der Waals surface area contributed by atoms with Crippen LogP contribution in [-0.4, -0.2) is 72.1 Å².